The molecule has 56 heavy (non-hydrogen) atoms. The normalized spacial score (nSPS) is 9.64. The van der Waals surface area contributed by atoms with E-state index in [4.69, 9.17) is 0 Å². The number of hydrogen-bond acceptors (Lipinski definition) is 1. The van der Waals surface area contributed by atoms with Crippen molar-refractivity contribution < 1.29 is 131 Å². The van der Waals surface area contributed by atoms with Crippen molar-refractivity contribution in [2.24, 2.45) is 0 Å². The van der Waals surface area contributed by atoms with Gasteiger partial charge in [0.25, 0.3) is 0 Å². The standard InChI is InChI=1S/2C24H14.C3H9N.4Y/c1-3-8-19(9-4-1)21-14-16-22(17-15-21)24-13-7-12-23(18-24)20-10-5-2-6-11-20;1-3-7-19(8-4-1)21-11-15-23(16-12-21)24-17-13-22(14-18-24)20-9-5-2-6-10-20;1-4(2)3;;;;/h1-8,10,13-14,16-18H;1-7,9,11,13,15-18H;1-3H3;;;;/q2*-4;;;;;. The van der Waals surface area contributed by atoms with Gasteiger partial charge in [0.15, 0.2) is 0 Å². The van der Waals surface area contributed by atoms with Crippen LogP contribution in [0.15, 0.2) is 170 Å². The van der Waals surface area contributed by atoms with Crippen LogP contribution in [0.1, 0.15) is 0 Å². The molecule has 0 saturated carbocycles. The topological polar surface area (TPSA) is 3.24 Å². The molecule has 0 aliphatic rings. The zero-order valence-corrected chi connectivity index (χ0v) is 43.3. The quantitative estimate of drug-likeness (QED) is 0.150. The van der Waals surface area contributed by atoms with Crippen molar-refractivity contribution in [3.05, 3.63) is 218 Å². The summed E-state index contributed by atoms with van der Waals surface area (Å²) in [5.41, 5.74) is 13.0. The number of hydrogen-bond donors (Lipinski definition) is 0. The minimum Gasteiger partial charge on any atom is -0.312 e. The molecule has 8 aromatic rings. The summed E-state index contributed by atoms with van der Waals surface area (Å²) in [5, 5.41) is 0. The first-order valence-corrected chi connectivity index (χ1v) is 17.1. The summed E-state index contributed by atoms with van der Waals surface area (Å²) in [6.45, 7) is 0. The predicted octanol–water partition coefficient (Wildman–Crippen LogP) is 11.9. The van der Waals surface area contributed by atoms with E-state index in [0.29, 0.717) is 0 Å². The first-order valence-electron chi connectivity index (χ1n) is 17.1. The summed E-state index contributed by atoms with van der Waals surface area (Å²) in [4.78, 5) is 2.00. The molecule has 0 heterocycles. The van der Waals surface area contributed by atoms with E-state index in [1.54, 1.807) is 0 Å². The maximum atomic E-state index is 3.36. The minimum atomic E-state index is 0. The maximum absolute atomic E-state index is 3.36. The number of benzene rings is 8. The summed E-state index contributed by atoms with van der Waals surface area (Å²) in [5.74, 6) is 0. The van der Waals surface area contributed by atoms with Gasteiger partial charge in [-0.1, -0.05) is 0 Å². The van der Waals surface area contributed by atoms with Crippen LogP contribution in [0.5, 0.6) is 0 Å². The van der Waals surface area contributed by atoms with E-state index in [1.807, 2.05) is 141 Å². The molecule has 0 aromatic heterocycles. The molecule has 0 saturated heterocycles. The van der Waals surface area contributed by atoms with Gasteiger partial charge in [-0.15, -0.1) is 53.1 Å². The molecule has 0 N–H and O–H groups in total. The molecule has 0 aliphatic carbocycles. The molecule has 8 aromatic carbocycles. The van der Waals surface area contributed by atoms with Gasteiger partial charge in [0, 0.05) is 131 Å². The zero-order chi connectivity index (χ0) is 36.0. The third-order valence-electron chi connectivity index (χ3n) is 7.90. The second-order valence-electron chi connectivity index (χ2n) is 12.4. The summed E-state index contributed by atoms with van der Waals surface area (Å²) in [6, 6.07) is 83.0. The Morgan fingerprint density at radius 1 is 0.286 bits per heavy atom. The van der Waals surface area contributed by atoms with Crippen molar-refractivity contribution in [3.8, 4) is 66.8 Å². The second-order valence-corrected chi connectivity index (χ2v) is 12.4. The van der Waals surface area contributed by atoms with Gasteiger partial charge in [0.1, 0.15) is 0 Å². The van der Waals surface area contributed by atoms with Crippen LogP contribution in [-0.2, 0) is 131 Å². The molecular formula is C51H37NY4-8. The van der Waals surface area contributed by atoms with Crippen molar-refractivity contribution >= 4 is 0 Å². The Morgan fingerprint density at radius 2 is 0.571 bits per heavy atom. The molecule has 8 rings (SSSR count). The fourth-order valence-electron chi connectivity index (χ4n) is 5.36. The van der Waals surface area contributed by atoms with Crippen LogP contribution >= 0.6 is 0 Å². The van der Waals surface area contributed by atoms with Gasteiger partial charge in [-0.3, -0.25) is 0 Å². The average Bonchev–Trinajstić information content (AvgIpc) is 3.22. The van der Waals surface area contributed by atoms with Crippen LogP contribution in [0.25, 0.3) is 66.8 Å². The van der Waals surface area contributed by atoms with Gasteiger partial charge in [0.05, 0.1) is 0 Å². The van der Waals surface area contributed by atoms with Crippen LogP contribution in [0.4, 0.5) is 0 Å². The molecule has 5 heteroatoms. The molecule has 0 amide bonds. The van der Waals surface area contributed by atoms with E-state index in [2.05, 4.69) is 103 Å². The van der Waals surface area contributed by atoms with Crippen LogP contribution in [0.3, 0.4) is 0 Å². The third-order valence-corrected chi connectivity index (χ3v) is 7.90. The average molecular weight is 1020 g/mol. The van der Waals surface area contributed by atoms with E-state index >= 15 is 0 Å². The van der Waals surface area contributed by atoms with Crippen LogP contribution < -0.4 is 0 Å². The number of rotatable bonds is 6. The molecule has 266 valence electrons. The second kappa shape index (κ2) is 27.0. The van der Waals surface area contributed by atoms with E-state index in [0.717, 1.165) is 66.8 Å². The van der Waals surface area contributed by atoms with Gasteiger partial charge in [-0.05, 0) is 21.1 Å². The largest absolute Gasteiger partial charge is 0.312 e. The molecular weight excluding hydrogens is 982 g/mol. The first kappa shape index (κ1) is 50.3. The Hall–Kier alpha value is -1.86. The fourth-order valence-corrected chi connectivity index (χ4v) is 5.36. The van der Waals surface area contributed by atoms with Gasteiger partial charge < -0.3 is 4.90 Å². The van der Waals surface area contributed by atoms with Crippen LogP contribution in [0.2, 0.25) is 0 Å². The zero-order valence-electron chi connectivity index (χ0n) is 31.9. The van der Waals surface area contributed by atoms with Crippen molar-refractivity contribution in [1.29, 1.82) is 0 Å². The van der Waals surface area contributed by atoms with E-state index in [1.165, 1.54) is 0 Å². The molecule has 0 aliphatic heterocycles. The Kier molecular flexibility index (Phi) is 24.2. The fraction of sp³-hybridized carbons (Fsp3) is 0.0588. The molecule has 4 radical (unpaired) electrons. The minimum absolute atomic E-state index is 0. The van der Waals surface area contributed by atoms with Gasteiger partial charge in [-0.25, -0.2) is 44.5 Å². The Morgan fingerprint density at radius 3 is 0.857 bits per heavy atom. The van der Waals surface area contributed by atoms with Crippen LogP contribution in [0, 0.1) is 48.5 Å². The Labute approximate surface area is 435 Å². The first-order chi connectivity index (χ1) is 25.5. The maximum Gasteiger partial charge on any atom is 0 e. The molecule has 0 spiro atoms. The predicted molar refractivity (Wildman–Crippen MR) is 216 cm³/mol. The molecule has 0 unspecified atom stereocenters. The SMILES string of the molecule is CN(C)C.[Y].[Y].[Y].[Y].[c-]1ccccc1-c1[c-]cc(-c2c[c-]c(-c3[c-]cccc3)cc2)cc1.[c-]1ccccc1-c1[c-]cc(-c2cc[c-]c(-c3[c-]cccc3)c2)cc1. The van der Waals surface area contributed by atoms with E-state index in [9.17, 15) is 0 Å². The molecule has 0 fully saturated rings. The molecule has 1 nitrogen and oxygen atoms in total. The van der Waals surface area contributed by atoms with Crippen molar-refractivity contribution in [2.45, 2.75) is 0 Å². The van der Waals surface area contributed by atoms with E-state index < -0.39 is 0 Å². The summed E-state index contributed by atoms with van der Waals surface area (Å²) >= 11 is 0. The molecule has 0 bridgehead atoms. The summed E-state index contributed by atoms with van der Waals surface area (Å²) in [6.07, 6.45) is 0. The number of nitrogens with zero attached hydrogens (tertiary/aromatic N) is 1. The molecule has 0 atom stereocenters. The third kappa shape index (κ3) is 15.4. The van der Waals surface area contributed by atoms with Gasteiger partial charge in [0.2, 0.25) is 0 Å². The van der Waals surface area contributed by atoms with Crippen LogP contribution in [-0.4, -0.2) is 26.0 Å². The van der Waals surface area contributed by atoms with Crippen molar-refractivity contribution in [3.63, 3.8) is 0 Å². The van der Waals surface area contributed by atoms with Crippen molar-refractivity contribution in [1.82, 2.24) is 4.90 Å². The summed E-state index contributed by atoms with van der Waals surface area (Å²) in [7, 11) is 6.00. The van der Waals surface area contributed by atoms with Gasteiger partial charge >= 0.3 is 0 Å². The Balaban J connectivity index is 0.000000332. The van der Waals surface area contributed by atoms with E-state index in [-0.39, 0.29) is 131 Å². The van der Waals surface area contributed by atoms with Crippen molar-refractivity contribution in [2.75, 3.05) is 21.1 Å². The van der Waals surface area contributed by atoms with Gasteiger partial charge in [-0.2, -0.15) is 188 Å². The monoisotopic (exact) mass is 1020 g/mol. The smallest absolute Gasteiger partial charge is 0 e. The summed E-state index contributed by atoms with van der Waals surface area (Å²) < 4.78 is 0. The Bertz CT molecular complexity index is 2140.